The fraction of sp³-hybridized carbons (Fsp3) is 0.944. The minimum absolute atomic E-state index is 0.295. The number of ether oxygens (including phenoxy) is 1. The van der Waals surface area contributed by atoms with Crippen LogP contribution in [0.4, 0.5) is 0 Å². The van der Waals surface area contributed by atoms with Crippen molar-refractivity contribution in [3.05, 3.63) is 0 Å². The molecule has 3 fully saturated rings. The van der Waals surface area contributed by atoms with Gasteiger partial charge in [-0.25, -0.2) is 0 Å². The first-order chi connectivity index (χ1) is 11.3. The lowest BCUT2D eigenvalue weighted by molar-refractivity contribution is -0.136. The molecule has 5 nitrogen and oxygen atoms in total. The van der Waals surface area contributed by atoms with E-state index in [1.165, 1.54) is 58.2 Å². The highest BCUT2D eigenvalue weighted by atomic mass is 16.5. The van der Waals surface area contributed by atoms with E-state index in [0.717, 1.165) is 32.1 Å². The summed E-state index contributed by atoms with van der Waals surface area (Å²) in [5.74, 6) is 1.04. The van der Waals surface area contributed by atoms with Gasteiger partial charge in [0, 0.05) is 26.2 Å². The van der Waals surface area contributed by atoms with Gasteiger partial charge in [-0.1, -0.05) is 12.8 Å². The van der Waals surface area contributed by atoms with E-state index < -0.39 is 0 Å². The highest BCUT2D eigenvalue weighted by Gasteiger charge is 2.25. The summed E-state index contributed by atoms with van der Waals surface area (Å²) in [5.41, 5.74) is 0. The molecular weight excluding hydrogens is 290 g/mol. The molecule has 0 aromatic rings. The Labute approximate surface area is 140 Å². The first-order valence-corrected chi connectivity index (χ1v) is 9.61. The van der Waals surface area contributed by atoms with Gasteiger partial charge in [-0.05, 0) is 51.2 Å². The molecule has 3 aliphatic heterocycles. The number of morpholine rings is 1. The van der Waals surface area contributed by atoms with Crippen LogP contribution >= 0.6 is 0 Å². The second-order valence-electron chi connectivity index (χ2n) is 7.45. The van der Waals surface area contributed by atoms with E-state index >= 15 is 0 Å². The Balaban J connectivity index is 1.42. The van der Waals surface area contributed by atoms with Crippen molar-refractivity contribution >= 4 is 5.91 Å². The fourth-order valence-electron chi connectivity index (χ4n) is 4.23. The number of nitrogens with zero attached hydrogens (tertiary/aromatic N) is 3. The maximum atomic E-state index is 12.4. The molecule has 5 heteroatoms. The molecule has 0 unspecified atom stereocenters. The van der Waals surface area contributed by atoms with E-state index in [1.807, 2.05) is 4.90 Å². The second-order valence-corrected chi connectivity index (χ2v) is 7.45. The molecule has 0 saturated carbocycles. The Kier molecular flexibility index (Phi) is 6.72. The summed E-state index contributed by atoms with van der Waals surface area (Å²) in [4.78, 5) is 19.5. The van der Waals surface area contributed by atoms with Crippen LogP contribution in [0, 0.1) is 5.92 Å². The Morgan fingerprint density at radius 2 is 1.57 bits per heavy atom. The number of likely N-dealkylation sites (tertiary alicyclic amines) is 2. The summed E-state index contributed by atoms with van der Waals surface area (Å²) in [6.07, 6.45) is 8.12. The van der Waals surface area contributed by atoms with E-state index in [0.29, 0.717) is 25.7 Å². The monoisotopic (exact) mass is 323 g/mol. The summed E-state index contributed by atoms with van der Waals surface area (Å²) in [5, 5.41) is 0. The van der Waals surface area contributed by atoms with Crippen molar-refractivity contribution in [1.29, 1.82) is 0 Å². The minimum atomic E-state index is 0.295. The Bertz CT molecular complexity index is 363. The van der Waals surface area contributed by atoms with E-state index in [1.54, 1.807) is 0 Å². The lowest BCUT2D eigenvalue weighted by Crippen LogP contribution is -2.48. The van der Waals surface area contributed by atoms with Crippen LogP contribution < -0.4 is 0 Å². The first kappa shape index (κ1) is 17.2. The molecular formula is C18H33N3O2. The molecule has 0 aromatic carbocycles. The molecule has 0 spiro atoms. The lowest BCUT2D eigenvalue weighted by Gasteiger charge is -2.36. The van der Waals surface area contributed by atoms with Crippen molar-refractivity contribution in [2.24, 2.45) is 5.92 Å². The second kappa shape index (κ2) is 9.00. The van der Waals surface area contributed by atoms with Gasteiger partial charge >= 0.3 is 0 Å². The lowest BCUT2D eigenvalue weighted by atomic mass is 9.97. The van der Waals surface area contributed by atoms with Crippen molar-refractivity contribution in [1.82, 2.24) is 14.7 Å². The van der Waals surface area contributed by atoms with Gasteiger partial charge in [-0.15, -0.1) is 0 Å². The van der Waals surface area contributed by atoms with Crippen LogP contribution in [0.1, 0.15) is 38.5 Å². The summed E-state index contributed by atoms with van der Waals surface area (Å²) in [7, 11) is 0. The van der Waals surface area contributed by atoms with Crippen molar-refractivity contribution < 1.29 is 9.53 Å². The van der Waals surface area contributed by atoms with Crippen LogP contribution in [-0.4, -0.2) is 86.2 Å². The zero-order valence-electron chi connectivity index (χ0n) is 14.5. The zero-order valence-corrected chi connectivity index (χ0v) is 14.5. The number of carbonyl (C=O) groups is 1. The van der Waals surface area contributed by atoms with Crippen LogP contribution in [0.2, 0.25) is 0 Å². The van der Waals surface area contributed by atoms with Gasteiger partial charge in [0.25, 0.3) is 0 Å². The van der Waals surface area contributed by atoms with Crippen molar-refractivity contribution in [3.8, 4) is 0 Å². The average molecular weight is 323 g/mol. The minimum Gasteiger partial charge on any atom is -0.378 e. The quantitative estimate of drug-likeness (QED) is 0.784. The van der Waals surface area contributed by atoms with Gasteiger partial charge in [0.15, 0.2) is 0 Å². The summed E-state index contributed by atoms with van der Waals surface area (Å²) in [6.45, 7) is 9.53. The predicted octanol–water partition coefficient (Wildman–Crippen LogP) is 1.43. The van der Waals surface area contributed by atoms with Gasteiger partial charge < -0.3 is 14.5 Å². The number of hydrogen-bond acceptors (Lipinski definition) is 4. The normalized spacial score (nSPS) is 28.5. The van der Waals surface area contributed by atoms with Gasteiger partial charge in [0.1, 0.15) is 0 Å². The van der Waals surface area contributed by atoms with Crippen LogP contribution in [0.15, 0.2) is 0 Å². The Morgan fingerprint density at radius 3 is 2.30 bits per heavy atom. The Morgan fingerprint density at radius 1 is 0.870 bits per heavy atom. The highest BCUT2D eigenvalue weighted by Crippen LogP contribution is 2.20. The van der Waals surface area contributed by atoms with Crippen LogP contribution in [0.5, 0.6) is 0 Å². The predicted molar refractivity (Wildman–Crippen MR) is 91.5 cm³/mol. The molecule has 0 bridgehead atoms. The molecule has 1 amide bonds. The number of hydrogen-bond donors (Lipinski definition) is 0. The summed E-state index contributed by atoms with van der Waals surface area (Å²) < 4.78 is 5.34. The zero-order chi connectivity index (χ0) is 15.9. The number of carbonyl (C=O) groups excluding carboxylic acids is 1. The topological polar surface area (TPSA) is 36.0 Å². The third kappa shape index (κ3) is 5.44. The fourth-order valence-corrected chi connectivity index (χ4v) is 4.23. The molecule has 1 atom stereocenters. The summed E-state index contributed by atoms with van der Waals surface area (Å²) in [6, 6.07) is 0. The van der Waals surface area contributed by atoms with Crippen molar-refractivity contribution in [2.45, 2.75) is 38.5 Å². The smallest absolute Gasteiger partial charge is 0.236 e. The van der Waals surface area contributed by atoms with Crippen molar-refractivity contribution in [2.75, 3.05) is 65.6 Å². The van der Waals surface area contributed by atoms with E-state index in [2.05, 4.69) is 9.80 Å². The maximum absolute atomic E-state index is 12.4. The number of piperidine rings is 1. The molecule has 0 radical (unpaired) electrons. The molecule has 0 aromatic heterocycles. The highest BCUT2D eigenvalue weighted by molar-refractivity contribution is 5.78. The third-order valence-corrected chi connectivity index (χ3v) is 5.54. The number of rotatable bonds is 4. The van der Waals surface area contributed by atoms with Crippen LogP contribution in [0.25, 0.3) is 0 Å². The number of amides is 1. The Hall–Kier alpha value is -0.650. The molecule has 3 heterocycles. The first-order valence-electron chi connectivity index (χ1n) is 9.61. The molecule has 23 heavy (non-hydrogen) atoms. The summed E-state index contributed by atoms with van der Waals surface area (Å²) >= 11 is 0. The maximum Gasteiger partial charge on any atom is 0.236 e. The average Bonchev–Trinajstić information content (AvgIpc) is 2.85. The van der Waals surface area contributed by atoms with Crippen LogP contribution in [0.3, 0.4) is 0 Å². The molecule has 0 N–H and O–H groups in total. The molecule has 0 aliphatic carbocycles. The molecule has 3 rings (SSSR count). The van der Waals surface area contributed by atoms with Gasteiger partial charge in [0.05, 0.1) is 19.8 Å². The standard InChI is InChI=1S/C18H33N3O2/c22-18(21-10-12-23-13-11-21)16-20-9-5-6-17(15-20)14-19-7-3-1-2-4-8-19/h17H,1-16H2/t17-/m0/s1. The largest absolute Gasteiger partial charge is 0.378 e. The molecule has 3 saturated heterocycles. The van der Waals surface area contributed by atoms with Crippen LogP contribution in [-0.2, 0) is 9.53 Å². The SMILES string of the molecule is O=C(CN1CCC[C@@H](CN2CCCCCC2)C1)N1CCOCC1. The van der Waals surface area contributed by atoms with Gasteiger partial charge in [0.2, 0.25) is 5.91 Å². The third-order valence-electron chi connectivity index (χ3n) is 5.54. The molecule has 132 valence electrons. The molecule has 3 aliphatic rings. The van der Waals surface area contributed by atoms with E-state index in [4.69, 9.17) is 4.74 Å². The van der Waals surface area contributed by atoms with E-state index in [9.17, 15) is 4.79 Å². The van der Waals surface area contributed by atoms with E-state index in [-0.39, 0.29) is 0 Å². The van der Waals surface area contributed by atoms with Crippen molar-refractivity contribution in [3.63, 3.8) is 0 Å². The van der Waals surface area contributed by atoms with Gasteiger partial charge in [-0.3, -0.25) is 9.69 Å². The van der Waals surface area contributed by atoms with Gasteiger partial charge in [-0.2, -0.15) is 0 Å².